The van der Waals surface area contributed by atoms with E-state index in [-0.39, 0.29) is 0 Å². The Morgan fingerprint density at radius 3 is 2.79 bits per heavy atom. The summed E-state index contributed by atoms with van der Waals surface area (Å²) in [5.41, 5.74) is 9.97. The van der Waals surface area contributed by atoms with Crippen LogP contribution in [0.3, 0.4) is 0 Å². The largest absolute Gasteiger partial charge is 0.384 e. The highest BCUT2D eigenvalue weighted by atomic mass is 15.1. The van der Waals surface area contributed by atoms with E-state index in [4.69, 9.17) is 5.73 Å². The predicted molar refractivity (Wildman–Crippen MR) is 75.6 cm³/mol. The van der Waals surface area contributed by atoms with Crippen LogP contribution in [0.1, 0.15) is 0 Å². The normalized spacial score (nSPS) is 11.4. The zero-order valence-corrected chi connectivity index (χ0v) is 10.0. The number of hydrogen-bond acceptors (Lipinski definition) is 3. The van der Waals surface area contributed by atoms with Gasteiger partial charge < -0.3 is 10.7 Å². The van der Waals surface area contributed by atoms with Crippen molar-refractivity contribution in [2.75, 3.05) is 5.73 Å². The lowest BCUT2D eigenvalue weighted by atomic mass is 10.1. The Hall–Kier alpha value is -2.82. The Bertz CT molecular complexity index is 887. The van der Waals surface area contributed by atoms with E-state index in [1.807, 2.05) is 18.3 Å². The summed E-state index contributed by atoms with van der Waals surface area (Å²) in [6.45, 7) is 0. The zero-order chi connectivity index (χ0) is 12.8. The van der Waals surface area contributed by atoms with E-state index in [1.165, 1.54) is 0 Å². The van der Waals surface area contributed by atoms with Crippen molar-refractivity contribution in [3.63, 3.8) is 0 Å². The Balaban J connectivity index is 2.05. The number of aromatic amines is 2. The maximum absolute atomic E-state index is 5.87. The van der Waals surface area contributed by atoms with Gasteiger partial charge in [-0.3, -0.25) is 10.1 Å². The molecule has 4 rings (SSSR count). The van der Waals surface area contributed by atoms with Crippen LogP contribution in [0.15, 0.2) is 42.9 Å². The standard InChI is InChI=1S/C14H11N5/c15-14-11(6-17-19-14)8-1-2-12-10(5-8)9-3-4-16-7-13(9)18-12/h1-7,18H,(H3,15,17,19). The molecule has 0 fully saturated rings. The number of nitrogens with one attached hydrogen (secondary N) is 2. The van der Waals surface area contributed by atoms with Gasteiger partial charge in [-0.25, -0.2) is 0 Å². The van der Waals surface area contributed by atoms with E-state index < -0.39 is 0 Å². The first-order valence-corrected chi connectivity index (χ1v) is 5.97. The van der Waals surface area contributed by atoms with Crippen molar-refractivity contribution in [1.29, 1.82) is 0 Å². The Labute approximate surface area is 108 Å². The number of hydrogen-bond donors (Lipinski definition) is 3. The smallest absolute Gasteiger partial charge is 0.126 e. The molecule has 1 aromatic carbocycles. The summed E-state index contributed by atoms with van der Waals surface area (Å²) < 4.78 is 0. The van der Waals surface area contributed by atoms with Gasteiger partial charge in [-0.1, -0.05) is 6.07 Å². The summed E-state index contributed by atoms with van der Waals surface area (Å²) in [5, 5.41) is 9.04. The van der Waals surface area contributed by atoms with Gasteiger partial charge in [0.2, 0.25) is 0 Å². The van der Waals surface area contributed by atoms with Crippen LogP contribution in [-0.2, 0) is 0 Å². The van der Waals surface area contributed by atoms with Crippen molar-refractivity contribution < 1.29 is 0 Å². The Kier molecular flexibility index (Phi) is 1.91. The van der Waals surface area contributed by atoms with E-state index >= 15 is 0 Å². The van der Waals surface area contributed by atoms with Crippen molar-refractivity contribution >= 4 is 27.6 Å². The van der Waals surface area contributed by atoms with Crippen molar-refractivity contribution in [3.05, 3.63) is 42.9 Å². The second-order valence-corrected chi connectivity index (χ2v) is 4.50. The van der Waals surface area contributed by atoms with Crippen LogP contribution in [0.2, 0.25) is 0 Å². The third kappa shape index (κ3) is 1.41. The number of benzene rings is 1. The number of nitrogen functional groups attached to an aromatic ring is 1. The van der Waals surface area contributed by atoms with Gasteiger partial charge in [-0.2, -0.15) is 5.10 Å². The molecule has 0 saturated heterocycles. The number of fused-ring (bicyclic) bond motifs is 3. The summed E-state index contributed by atoms with van der Waals surface area (Å²) in [6.07, 6.45) is 5.38. The molecule has 3 aromatic heterocycles. The van der Waals surface area contributed by atoms with Gasteiger partial charge in [-0.05, 0) is 23.8 Å². The van der Waals surface area contributed by atoms with Crippen molar-refractivity contribution in [2.45, 2.75) is 0 Å². The summed E-state index contributed by atoms with van der Waals surface area (Å²) in [7, 11) is 0. The van der Waals surface area contributed by atoms with Gasteiger partial charge in [0.1, 0.15) is 5.82 Å². The van der Waals surface area contributed by atoms with Crippen LogP contribution >= 0.6 is 0 Å². The molecule has 4 N–H and O–H groups in total. The number of nitrogens with zero attached hydrogens (tertiary/aromatic N) is 2. The van der Waals surface area contributed by atoms with Crippen molar-refractivity contribution in [3.8, 4) is 11.1 Å². The second-order valence-electron chi connectivity index (χ2n) is 4.50. The third-order valence-corrected chi connectivity index (χ3v) is 3.38. The highest BCUT2D eigenvalue weighted by molar-refractivity contribution is 6.08. The maximum atomic E-state index is 5.87. The highest BCUT2D eigenvalue weighted by Gasteiger charge is 2.08. The van der Waals surface area contributed by atoms with Gasteiger partial charge in [0.05, 0.1) is 17.9 Å². The molecule has 0 amide bonds. The number of aromatic nitrogens is 4. The topological polar surface area (TPSA) is 83.4 Å². The molecule has 0 aliphatic heterocycles. The number of anilines is 1. The molecule has 0 unspecified atom stereocenters. The van der Waals surface area contributed by atoms with E-state index in [9.17, 15) is 0 Å². The molecule has 5 heteroatoms. The van der Waals surface area contributed by atoms with Gasteiger partial charge in [0.25, 0.3) is 0 Å². The molecule has 0 spiro atoms. The quantitative estimate of drug-likeness (QED) is 0.485. The predicted octanol–water partition coefficient (Wildman–Crippen LogP) is 2.69. The molecule has 3 heterocycles. The van der Waals surface area contributed by atoms with Crippen LogP contribution < -0.4 is 5.73 Å². The molecule has 19 heavy (non-hydrogen) atoms. The lowest BCUT2D eigenvalue weighted by molar-refractivity contribution is 1.10. The first kappa shape index (κ1) is 10.1. The molecule has 4 aromatic rings. The SMILES string of the molecule is Nc1[nH]ncc1-c1ccc2[nH]c3cnccc3c2c1. The second kappa shape index (κ2) is 3.58. The Morgan fingerprint density at radius 2 is 1.95 bits per heavy atom. The van der Waals surface area contributed by atoms with Crippen LogP contribution in [0.4, 0.5) is 5.82 Å². The van der Waals surface area contributed by atoms with Crippen LogP contribution in [0, 0.1) is 0 Å². The highest BCUT2D eigenvalue weighted by Crippen LogP contribution is 2.31. The minimum atomic E-state index is 0.584. The van der Waals surface area contributed by atoms with E-state index in [0.29, 0.717) is 5.82 Å². The van der Waals surface area contributed by atoms with Gasteiger partial charge >= 0.3 is 0 Å². The summed E-state index contributed by atoms with van der Waals surface area (Å²) in [5.74, 6) is 0.584. The lowest BCUT2D eigenvalue weighted by Gasteiger charge is -2.00. The van der Waals surface area contributed by atoms with E-state index in [2.05, 4.69) is 32.3 Å². The molecule has 92 valence electrons. The van der Waals surface area contributed by atoms with Crippen LogP contribution in [0.5, 0.6) is 0 Å². The molecule has 5 nitrogen and oxygen atoms in total. The van der Waals surface area contributed by atoms with Gasteiger partial charge in [-0.15, -0.1) is 0 Å². The number of pyridine rings is 1. The van der Waals surface area contributed by atoms with Gasteiger partial charge in [0.15, 0.2) is 0 Å². The molecule has 0 atom stereocenters. The fourth-order valence-corrected chi connectivity index (χ4v) is 2.44. The lowest BCUT2D eigenvalue weighted by Crippen LogP contribution is -1.87. The van der Waals surface area contributed by atoms with Gasteiger partial charge in [0, 0.05) is 28.0 Å². The molecular weight excluding hydrogens is 238 g/mol. The molecule has 0 saturated carbocycles. The summed E-state index contributed by atoms with van der Waals surface area (Å²) in [4.78, 5) is 7.48. The van der Waals surface area contributed by atoms with E-state index in [0.717, 1.165) is 32.9 Å². The van der Waals surface area contributed by atoms with Crippen molar-refractivity contribution in [1.82, 2.24) is 20.2 Å². The summed E-state index contributed by atoms with van der Waals surface area (Å²) >= 11 is 0. The first-order chi connectivity index (χ1) is 9.33. The average Bonchev–Trinajstić information content (AvgIpc) is 3.01. The molecular formula is C14H11N5. The molecule has 0 aliphatic carbocycles. The van der Waals surface area contributed by atoms with Crippen LogP contribution in [0.25, 0.3) is 32.9 Å². The average molecular weight is 249 g/mol. The Morgan fingerprint density at radius 1 is 1.00 bits per heavy atom. The summed E-state index contributed by atoms with van der Waals surface area (Å²) in [6, 6.07) is 8.22. The maximum Gasteiger partial charge on any atom is 0.126 e. The minimum absolute atomic E-state index is 0.584. The number of nitrogens with two attached hydrogens (primary N) is 1. The van der Waals surface area contributed by atoms with Crippen LogP contribution in [-0.4, -0.2) is 20.2 Å². The molecule has 0 bridgehead atoms. The molecule has 0 radical (unpaired) electrons. The fraction of sp³-hybridized carbons (Fsp3) is 0. The van der Waals surface area contributed by atoms with E-state index in [1.54, 1.807) is 12.4 Å². The first-order valence-electron chi connectivity index (χ1n) is 5.97. The number of rotatable bonds is 1. The monoisotopic (exact) mass is 249 g/mol. The fourth-order valence-electron chi connectivity index (χ4n) is 2.44. The minimum Gasteiger partial charge on any atom is -0.384 e. The number of H-pyrrole nitrogens is 2. The zero-order valence-electron chi connectivity index (χ0n) is 10.0. The third-order valence-electron chi connectivity index (χ3n) is 3.38. The van der Waals surface area contributed by atoms with Crippen molar-refractivity contribution in [2.24, 2.45) is 0 Å². The molecule has 0 aliphatic rings.